The lowest BCUT2D eigenvalue weighted by Crippen LogP contribution is -2.08. The van der Waals surface area contributed by atoms with Crippen LogP contribution in [0, 0.1) is 0 Å². The van der Waals surface area contributed by atoms with Gasteiger partial charge in [0.1, 0.15) is 0 Å². The molecule has 0 aliphatic carbocycles. The third-order valence-electron chi connectivity index (χ3n) is 2.15. The zero-order valence-corrected chi connectivity index (χ0v) is 11.5. The van der Waals surface area contributed by atoms with Crippen LogP contribution in [-0.4, -0.2) is 11.9 Å². The van der Waals surface area contributed by atoms with E-state index < -0.39 is 11.7 Å². The summed E-state index contributed by atoms with van der Waals surface area (Å²) in [4.78, 5) is 0. The van der Waals surface area contributed by atoms with Gasteiger partial charge in [-0.3, -0.25) is 0 Å². The molecule has 1 N–H and O–H groups in total. The molecule has 17 heavy (non-hydrogen) atoms. The largest absolute Gasteiger partial charge is 0.416 e. The van der Waals surface area contributed by atoms with E-state index in [1.807, 2.05) is 6.92 Å². The van der Waals surface area contributed by atoms with E-state index in [4.69, 9.17) is 11.6 Å². The highest BCUT2D eigenvalue weighted by Crippen LogP contribution is 2.33. The molecule has 96 valence electrons. The molecule has 0 fully saturated rings. The molecule has 0 saturated carbocycles. The summed E-state index contributed by atoms with van der Waals surface area (Å²) in [6.07, 6.45) is -3.57. The molecule has 0 aliphatic heterocycles. The minimum Gasteiger partial charge on any atom is -0.384 e. The molecule has 1 unspecified atom stereocenters. The summed E-state index contributed by atoms with van der Waals surface area (Å²) in [5, 5.41) is 3.06. The van der Waals surface area contributed by atoms with E-state index in [0.29, 0.717) is 16.7 Å². The van der Waals surface area contributed by atoms with E-state index in [2.05, 4.69) is 21.2 Å². The first-order chi connectivity index (χ1) is 7.80. The SMILES string of the molecule is CC(Cl)CCNc1ccc(C(F)(F)F)cc1Br. The molecule has 0 radical (unpaired) electrons. The second kappa shape index (κ2) is 5.96. The van der Waals surface area contributed by atoms with Crippen molar-refractivity contribution in [2.24, 2.45) is 0 Å². The van der Waals surface area contributed by atoms with Gasteiger partial charge in [0.25, 0.3) is 0 Å². The molecule has 1 aromatic carbocycles. The maximum Gasteiger partial charge on any atom is 0.416 e. The van der Waals surface area contributed by atoms with Crippen LogP contribution >= 0.6 is 27.5 Å². The quantitative estimate of drug-likeness (QED) is 0.775. The van der Waals surface area contributed by atoms with Gasteiger partial charge in [0.15, 0.2) is 0 Å². The summed E-state index contributed by atoms with van der Waals surface area (Å²) < 4.78 is 37.6. The molecule has 0 amide bonds. The highest BCUT2D eigenvalue weighted by atomic mass is 79.9. The molecular weight excluding hydrogens is 318 g/mol. The lowest BCUT2D eigenvalue weighted by molar-refractivity contribution is -0.137. The topological polar surface area (TPSA) is 12.0 Å². The average molecular weight is 331 g/mol. The molecule has 0 saturated heterocycles. The Labute approximate surface area is 111 Å². The molecule has 1 rings (SSSR count). The monoisotopic (exact) mass is 329 g/mol. The maximum absolute atomic E-state index is 12.4. The molecule has 1 nitrogen and oxygen atoms in total. The molecule has 0 aromatic heterocycles. The molecule has 6 heteroatoms. The van der Waals surface area contributed by atoms with Gasteiger partial charge in [0, 0.05) is 22.1 Å². The molecule has 0 aliphatic rings. The fraction of sp³-hybridized carbons (Fsp3) is 0.455. The van der Waals surface area contributed by atoms with E-state index in [9.17, 15) is 13.2 Å². The van der Waals surface area contributed by atoms with Gasteiger partial charge in [-0.05, 0) is 47.5 Å². The van der Waals surface area contributed by atoms with Crippen molar-refractivity contribution in [2.75, 3.05) is 11.9 Å². The Balaban J connectivity index is 2.70. The number of halogens is 5. The van der Waals surface area contributed by atoms with Crippen molar-refractivity contribution in [3.8, 4) is 0 Å². The van der Waals surface area contributed by atoms with Crippen molar-refractivity contribution in [2.45, 2.75) is 24.9 Å². The highest BCUT2D eigenvalue weighted by Gasteiger charge is 2.30. The van der Waals surface area contributed by atoms with Crippen molar-refractivity contribution in [3.63, 3.8) is 0 Å². The molecule has 0 spiro atoms. The zero-order chi connectivity index (χ0) is 13.1. The number of hydrogen-bond acceptors (Lipinski definition) is 1. The fourth-order valence-electron chi connectivity index (χ4n) is 1.24. The second-order valence-electron chi connectivity index (χ2n) is 3.69. The summed E-state index contributed by atoms with van der Waals surface area (Å²) in [5.41, 5.74) is -0.0315. The number of benzene rings is 1. The predicted molar refractivity (Wildman–Crippen MR) is 67.6 cm³/mol. The van der Waals surface area contributed by atoms with Crippen LogP contribution in [0.3, 0.4) is 0 Å². The Morgan fingerprint density at radius 2 is 2.06 bits per heavy atom. The molecular formula is C11H12BrClF3N. The van der Waals surface area contributed by atoms with E-state index in [1.165, 1.54) is 6.07 Å². The minimum absolute atomic E-state index is 0.0377. The van der Waals surface area contributed by atoms with Crippen LogP contribution in [0.2, 0.25) is 0 Å². The van der Waals surface area contributed by atoms with Crippen molar-refractivity contribution < 1.29 is 13.2 Å². The average Bonchev–Trinajstić information content (AvgIpc) is 2.18. The van der Waals surface area contributed by atoms with Crippen LogP contribution in [0.25, 0.3) is 0 Å². The number of hydrogen-bond donors (Lipinski definition) is 1. The van der Waals surface area contributed by atoms with E-state index in [-0.39, 0.29) is 5.38 Å². The van der Waals surface area contributed by atoms with Crippen LogP contribution in [-0.2, 0) is 6.18 Å². The number of nitrogens with one attached hydrogen (secondary N) is 1. The van der Waals surface area contributed by atoms with Crippen LogP contribution in [0.4, 0.5) is 18.9 Å². The summed E-state index contributed by atoms with van der Waals surface area (Å²) in [5.74, 6) is 0. The Morgan fingerprint density at radius 3 is 2.53 bits per heavy atom. The van der Waals surface area contributed by atoms with Gasteiger partial charge in [0.05, 0.1) is 5.56 Å². The number of alkyl halides is 4. The second-order valence-corrected chi connectivity index (χ2v) is 5.29. The van der Waals surface area contributed by atoms with Crippen molar-refractivity contribution >= 4 is 33.2 Å². The van der Waals surface area contributed by atoms with Crippen LogP contribution in [0.1, 0.15) is 18.9 Å². The first-order valence-electron chi connectivity index (χ1n) is 5.05. The van der Waals surface area contributed by atoms with Gasteiger partial charge in [-0.2, -0.15) is 13.2 Å². The predicted octanol–water partition coefficient (Wildman–Crippen LogP) is 4.90. The van der Waals surface area contributed by atoms with Crippen LogP contribution in [0.5, 0.6) is 0 Å². The first kappa shape index (κ1) is 14.6. The number of rotatable bonds is 4. The normalized spacial score (nSPS) is 13.5. The summed E-state index contributed by atoms with van der Waals surface area (Å²) in [6, 6.07) is 3.52. The lowest BCUT2D eigenvalue weighted by Gasteiger charge is -2.12. The zero-order valence-electron chi connectivity index (χ0n) is 9.11. The summed E-state index contributed by atoms with van der Waals surface area (Å²) in [7, 11) is 0. The Kier molecular flexibility index (Phi) is 5.13. The molecule has 0 bridgehead atoms. The van der Waals surface area contributed by atoms with E-state index in [1.54, 1.807) is 0 Å². The Morgan fingerprint density at radius 1 is 1.41 bits per heavy atom. The standard InChI is InChI=1S/C11H12BrClF3N/c1-7(13)4-5-17-10-3-2-8(6-9(10)12)11(14,15)16/h2-3,6-7,17H,4-5H2,1H3. The van der Waals surface area contributed by atoms with Gasteiger partial charge in [0.2, 0.25) is 0 Å². The summed E-state index contributed by atoms with van der Waals surface area (Å²) >= 11 is 8.88. The van der Waals surface area contributed by atoms with Gasteiger partial charge < -0.3 is 5.32 Å². The van der Waals surface area contributed by atoms with Crippen molar-refractivity contribution in [1.82, 2.24) is 0 Å². The van der Waals surface area contributed by atoms with Crippen molar-refractivity contribution in [3.05, 3.63) is 28.2 Å². The highest BCUT2D eigenvalue weighted by molar-refractivity contribution is 9.10. The van der Waals surface area contributed by atoms with Gasteiger partial charge in [-0.15, -0.1) is 11.6 Å². The van der Waals surface area contributed by atoms with Gasteiger partial charge in [-0.25, -0.2) is 0 Å². The minimum atomic E-state index is -4.31. The van der Waals surface area contributed by atoms with Crippen molar-refractivity contribution in [1.29, 1.82) is 0 Å². The molecule has 0 heterocycles. The fourth-order valence-corrected chi connectivity index (χ4v) is 1.87. The summed E-state index contributed by atoms with van der Waals surface area (Å²) in [6.45, 7) is 2.49. The van der Waals surface area contributed by atoms with Gasteiger partial charge in [-0.1, -0.05) is 0 Å². The van der Waals surface area contributed by atoms with Crippen LogP contribution in [0.15, 0.2) is 22.7 Å². The maximum atomic E-state index is 12.4. The molecule has 1 aromatic rings. The Hall–Kier alpha value is -0.420. The first-order valence-corrected chi connectivity index (χ1v) is 6.28. The van der Waals surface area contributed by atoms with Crippen LogP contribution < -0.4 is 5.32 Å². The van der Waals surface area contributed by atoms with Gasteiger partial charge >= 0.3 is 6.18 Å². The van der Waals surface area contributed by atoms with E-state index in [0.717, 1.165) is 18.6 Å². The molecule has 1 atom stereocenters. The number of anilines is 1. The smallest absolute Gasteiger partial charge is 0.384 e. The third-order valence-corrected chi connectivity index (χ3v) is 3.03. The third kappa shape index (κ3) is 4.76. The lowest BCUT2D eigenvalue weighted by atomic mass is 10.2. The Bertz CT molecular complexity index is 379. The van der Waals surface area contributed by atoms with E-state index >= 15 is 0 Å².